The van der Waals surface area contributed by atoms with E-state index in [4.69, 9.17) is 30.5 Å². The molecule has 0 N–H and O–H groups in total. The van der Waals surface area contributed by atoms with Crippen LogP contribution in [0.2, 0.25) is 5.02 Å². The Morgan fingerprint density at radius 3 is 2.27 bits per heavy atom. The Hall–Kier alpha value is -2.97. The maximum absolute atomic E-state index is 12.8. The quantitative estimate of drug-likeness (QED) is 0.255. The Kier molecular flexibility index (Phi) is 7.71. The van der Waals surface area contributed by atoms with Crippen molar-refractivity contribution >= 4 is 28.3 Å². The zero-order valence-corrected chi connectivity index (χ0v) is 18.9. The summed E-state index contributed by atoms with van der Waals surface area (Å²) >= 11 is 5.97. The molecular weight excluding hydrogens is 461 g/mol. The topological polar surface area (TPSA) is 54.0 Å². The summed E-state index contributed by atoms with van der Waals surface area (Å²) in [7, 11) is 0. The van der Waals surface area contributed by atoms with Crippen molar-refractivity contribution in [2.45, 2.75) is 39.3 Å². The molecule has 0 saturated carbocycles. The van der Waals surface area contributed by atoms with Crippen molar-refractivity contribution in [2.24, 2.45) is 0 Å². The smallest absolute Gasteiger partial charge is 0.416 e. The molecule has 0 radical (unpaired) electrons. The highest BCUT2D eigenvalue weighted by molar-refractivity contribution is 6.32. The summed E-state index contributed by atoms with van der Waals surface area (Å²) in [6.45, 7) is 5.39. The third-order valence-corrected chi connectivity index (χ3v) is 4.89. The van der Waals surface area contributed by atoms with E-state index in [0.717, 1.165) is 22.9 Å². The fourth-order valence-corrected chi connectivity index (χ4v) is 3.23. The SMILES string of the molecule is CCOC(C)OC(=O)[C@@H](C)Oc1ccc2ccc(Oc3ccc(C(F)(F)F)cc3Cl)cc2c1. The lowest BCUT2D eigenvalue weighted by atomic mass is 10.1. The van der Waals surface area contributed by atoms with Gasteiger partial charge in [-0.15, -0.1) is 0 Å². The first-order valence-electron chi connectivity index (χ1n) is 10.1. The molecule has 3 rings (SSSR count). The predicted molar refractivity (Wildman–Crippen MR) is 118 cm³/mol. The second-order valence-corrected chi connectivity index (χ2v) is 7.54. The summed E-state index contributed by atoms with van der Waals surface area (Å²) in [6, 6.07) is 13.3. The number of benzene rings is 3. The lowest BCUT2D eigenvalue weighted by Crippen LogP contribution is -2.30. The van der Waals surface area contributed by atoms with Crippen molar-refractivity contribution < 1.29 is 36.9 Å². The van der Waals surface area contributed by atoms with Crippen LogP contribution in [0.5, 0.6) is 17.2 Å². The average molecular weight is 483 g/mol. The van der Waals surface area contributed by atoms with Gasteiger partial charge in [-0.05, 0) is 74.0 Å². The van der Waals surface area contributed by atoms with E-state index < -0.39 is 30.1 Å². The summed E-state index contributed by atoms with van der Waals surface area (Å²) in [5.41, 5.74) is -0.858. The van der Waals surface area contributed by atoms with Gasteiger partial charge in [-0.25, -0.2) is 4.79 Å². The summed E-state index contributed by atoms with van der Waals surface area (Å²) in [5, 5.41) is 1.44. The van der Waals surface area contributed by atoms with Gasteiger partial charge in [0.1, 0.15) is 17.2 Å². The van der Waals surface area contributed by atoms with Crippen molar-refractivity contribution in [1.82, 2.24) is 0 Å². The monoisotopic (exact) mass is 482 g/mol. The van der Waals surface area contributed by atoms with E-state index in [-0.39, 0.29) is 10.8 Å². The van der Waals surface area contributed by atoms with Crippen LogP contribution in [0, 0.1) is 0 Å². The molecule has 176 valence electrons. The molecular formula is C24H22ClF3O5. The van der Waals surface area contributed by atoms with Crippen LogP contribution in [0.1, 0.15) is 26.3 Å². The Morgan fingerprint density at radius 2 is 1.64 bits per heavy atom. The van der Waals surface area contributed by atoms with Gasteiger partial charge in [0.25, 0.3) is 0 Å². The Morgan fingerprint density at radius 1 is 0.970 bits per heavy atom. The fourth-order valence-electron chi connectivity index (χ4n) is 3.01. The molecule has 0 aliphatic heterocycles. The highest BCUT2D eigenvalue weighted by Gasteiger charge is 2.31. The van der Waals surface area contributed by atoms with E-state index in [1.54, 1.807) is 57.2 Å². The first kappa shape index (κ1) is 24.7. The van der Waals surface area contributed by atoms with Crippen LogP contribution >= 0.6 is 11.6 Å². The molecule has 0 amide bonds. The third kappa shape index (κ3) is 6.52. The number of ether oxygens (including phenoxy) is 4. The largest absolute Gasteiger partial charge is 0.479 e. The van der Waals surface area contributed by atoms with Crippen LogP contribution in [0.25, 0.3) is 10.8 Å². The lowest BCUT2D eigenvalue weighted by Gasteiger charge is -2.18. The van der Waals surface area contributed by atoms with E-state index in [1.165, 1.54) is 6.07 Å². The number of fused-ring (bicyclic) bond motifs is 1. The van der Waals surface area contributed by atoms with Gasteiger partial charge in [0.2, 0.25) is 0 Å². The van der Waals surface area contributed by atoms with Gasteiger partial charge in [-0.2, -0.15) is 13.2 Å². The molecule has 0 heterocycles. The zero-order chi connectivity index (χ0) is 24.2. The van der Waals surface area contributed by atoms with Crippen molar-refractivity contribution in [1.29, 1.82) is 0 Å². The first-order chi connectivity index (χ1) is 15.6. The molecule has 9 heteroatoms. The van der Waals surface area contributed by atoms with Crippen molar-refractivity contribution in [3.63, 3.8) is 0 Å². The van der Waals surface area contributed by atoms with Crippen LogP contribution in [0.3, 0.4) is 0 Å². The second-order valence-electron chi connectivity index (χ2n) is 7.14. The van der Waals surface area contributed by atoms with Crippen molar-refractivity contribution in [2.75, 3.05) is 6.61 Å². The van der Waals surface area contributed by atoms with E-state index >= 15 is 0 Å². The molecule has 3 aromatic rings. The van der Waals surface area contributed by atoms with Gasteiger partial charge >= 0.3 is 12.1 Å². The minimum absolute atomic E-state index is 0.0937. The second kappa shape index (κ2) is 10.3. The number of halogens is 4. The van der Waals surface area contributed by atoms with E-state index in [9.17, 15) is 18.0 Å². The van der Waals surface area contributed by atoms with Gasteiger partial charge in [0, 0.05) is 6.61 Å². The van der Waals surface area contributed by atoms with Crippen LogP contribution < -0.4 is 9.47 Å². The van der Waals surface area contributed by atoms with Gasteiger partial charge in [-0.1, -0.05) is 23.7 Å². The molecule has 0 spiro atoms. The Balaban J connectivity index is 1.75. The Bertz CT molecular complexity index is 1130. The maximum atomic E-state index is 12.8. The van der Waals surface area contributed by atoms with Crippen LogP contribution in [-0.4, -0.2) is 25.0 Å². The number of carbonyl (C=O) groups excluding carboxylic acids is 1. The van der Waals surface area contributed by atoms with Crippen molar-refractivity contribution in [3.8, 4) is 17.2 Å². The molecule has 0 fully saturated rings. The normalized spacial score (nSPS) is 13.4. The number of hydrogen-bond acceptors (Lipinski definition) is 5. The number of rotatable bonds is 8. The minimum atomic E-state index is -4.49. The fraction of sp³-hybridized carbons (Fsp3) is 0.292. The summed E-state index contributed by atoms with van der Waals surface area (Å²) in [4.78, 5) is 12.1. The minimum Gasteiger partial charge on any atom is -0.479 e. The van der Waals surface area contributed by atoms with Crippen LogP contribution in [0.4, 0.5) is 13.2 Å². The molecule has 5 nitrogen and oxygen atoms in total. The molecule has 0 saturated heterocycles. The van der Waals surface area contributed by atoms with Crippen LogP contribution in [-0.2, 0) is 20.4 Å². The number of hydrogen-bond donors (Lipinski definition) is 0. The van der Waals surface area contributed by atoms with Gasteiger partial charge in [0.05, 0.1) is 10.6 Å². The highest BCUT2D eigenvalue weighted by Crippen LogP contribution is 2.37. The number of esters is 1. The van der Waals surface area contributed by atoms with Gasteiger partial charge in [-0.3, -0.25) is 0 Å². The van der Waals surface area contributed by atoms with Crippen molar-refractivity contribution in [3.05, 3.63) is 65.2 Å². The van der Waals surface area contributed by atoms with Crippen LogP contribution in [0.15, 0.2) is 54.6 Å². The lowest BCUT2D eigenvalue weighted by molar-refractivity contribution is -0.180. The number of alkyl halides is 3. The zero-order valence-electron chi connectivity index (χ0n) is 18.1. The van der Waals surface area contributed by atoms with E-state index in [2.05, 4.69) is 0 Å². The molecule has 2 atom stereocenters. The molecule has 0 aliphatic rings. The molecule has 0 bridgehead atoms. The molecule has 0 aromatic heterocycles. The first-order valence-corrected chi connectivity index (χ1v) is 10.5. The Labute approximate surface area is 194 Å². The summed E-state index contributed by atoms with van der Waals surface area (Å²) in [5.74, 6) is 0.335. The third-order valence-electron chi connectivity index (χ3n) is 4.60. The van der Waals surface area contributed by atoms with Gasteiger partial charge in [0.15, 0.2) is 12.4 Å². The predicted octanol–water partition coefficient (Wildman–Crippen LogP) is 7.00. The molecule has 1 unspecified atom stereocenters. The standard InChI is InChI=1S/C24H22ClF3O5/c1-4-30-15(3)32-23(29)14(2)31-19-8-5-16-6-9-20(12-17(16)11-19)33-22-10-7-18(13-21(22)25)24(26,27)28/h5-15H,4H2,1-3H3/t14-,15?/m1/s1. The van der Waals surface area contributed by atoms with Gasteiger partial charge < -0.3 is 18.9 Å². The average Bonchev–Trinajstić information content (AvgIpc) is 2.74. The molecule has 3 aromatic carbocycles. The highest BCUT2D eigenvalue weighted by atomic mass is 35.5. The maximum Gasteiger partial charge on any atom is 0.416 e. The molecule has 0 aliphatic carbocycles. The number of carbonyl (C=O) groups is 1. The molecule has 33 heavy (non-hydrogen) atoms. The van der Waals surface area contributed by atoms with E-state index in [0.29, 0.717) is 18.1 Å². The van der Waals surface area contributed by atoms with E-state index in [1.807, 2.05) is 0 Å². The summed E-state index contributed by atoms with van der Waals surface area (Å²) < 4.78 is 60.2. The summed E-state index contributed by atoms with van der Waals surface area (Å²) in [6.07, 6.45) is -6.04.